The van der Waals surface area contributed by atoms with Gasteiger partial charge >= 0.3 is 0 Å². The zero-order valence-electron chi connectivity index (χ0n) is 25.9. The smallest absolute Gasteiger partial charge is 0.251 e. The first-order valence-corrected chi connectivity index (χ1v) is 15.8. The van der Waals surface area contributed by atoms with Gasteiger partial charge in [0.1, 0.15) is 29.7 Å². The number of alkyl halides is 2. The van der Waals surface area contributed by atoms with Gasteiger partial charge in [0.2, 0.25) is 0 Å². The van der Waals surface area contributed by atoms with E-state index < -0.39 is 18.1 Å². The molecule has 3 aromatic heterocycles. The zero-order valence-corrected chi connectivity index (χ0v) is 25.9. The average molecular weight is 637 g/mol. The highest BCUT2D eigenvalue weighted by atomic mass is 19.3. The van der Waals surface area contributed by atoms with Crippen molar-refractivity contribution in [1.82, 2.24) is 30.0 Å². The average Bonchev–Trinajstić information content (AvgIpc) is 3.69. The highest BCUT2D eigenvalue weighted by molar-refractivity contribution is 5.89. The van der Waals surface area contributed by atoms with Crippen LogP contribution in [0.1, 0.15) is 47.5 Å². The monoisotopic (exact) mass is 636 g/mol. The molecule has 0 saturated heterocycles. The fourth-order valence-corrected chi connectivity index (χ4v) is 7.03. The molecule has 5 heterocycles. The molecular formula is C34H36F4N6O2. The third-order valence-corrected chi connectivity index (χ3v) is 9.14. The molecule has 0 fully saturated rings. The molecule has 1 aliphatic carbocycles. The lowest BCUT2D eigenvalue weighted by atomic mass is 9.90. The van der Waals surface area contributed by atoms with Gasteiger partial charge in [0.25, 0.3) is 6.43 Å². The summed E-state index contributed by atoms with van der Waals surface area (Å²) in [5.41, 5.74) is 7.91. The minimum Gasteiger partial charge on any atom is -0.490 e. The number of benzene rings is 1. The van der Waals surface area contributed by atoms with Crippen molar-refractivity contribution in [2.45, 2.75) is 58.2 Å². The fourth-order valence-electron chi connectivity index (χ4n) is 7.03. The summed E-state index contributed by atoms with van der Waals surface area (Å²) in [6.07, 6.45) is 2.18. The molecule has 0 amide bonds. The molecule has 8 nitrogen and oxygen atoms in total. The van der Waals surface area contributed by atoms with Crippen molar-refractivity contribution in [3.05, 3.63) is 70.2 Å². The quantitative estimate of drug-likeness (QED) is 0.185. The van der Waals surface area contributed by atoms with Gasteiger partial charge in [-0.2, -0.15) is 5.10 Å². The first-order chi connectivity index (χ1) is 22.3. The topological polar surface area (TPSA) is 77.3 Å². The molecule has 1 N–H and O–H groups in total. The van der Waals surface area contributed by atoms with Crippen LogP contribution in [-0.2, 0) is 37.1 Å². The van der Waals surface area contributed by atoms with Gasteiger partial charge in [-0.25, -0.2) is 22.5 Å². The van der Waals surface area contributed by atoms with Gasteiger partial charge in [-0.05, 0) is 55.0 Å². The van der Waals surface area contributed by atoms with Crippen LogP contribution in [0.25, 0.3) is 33.8 Å². The van der Waals surface area contributed by atoms with E-state index >= 15 is 4.39 Å². The number of hydrogen-bond acceptors (Lipinski definition) is 7. The fraction of sp³-hybridized carbons (Fsp3) is 0.441. The Morgan fingerprint density at radius 1 is 1.00 bits per heavy atom. The lowest BCUT2D eigenvalue weighted by molar-refractivity contribution is 0.0817. The molecule has 0 radical (unpaired) electrons. The van der Waals surface area contributed by atoms with Crippen molar-refractivity contribution < 1.29 is 27.0 Å². The molecule has 3 aliphatic rings. The van der Waals surface area contributed by atoms with E-state index in [9.17, 15) is 13.2 Å². The zero-order chi connectivity index (χ0) is 31.9. The SMILES string of the molecule is COCCOc1cc(F)cc(F)c1-c1c(-c2cc3n(n2)CCN[C@@H]3C)nc(-c2cnc3c(c2)CN(CC(F)F)CC3)c2c1CCC2. The Morgan fingerprint density at radius 3 is 2.65 bits per heavy atom. The summed E-state index contributed by atoms with van der Waals surface area (Å²) in [6, 6.07) is 6.13. The van der Waals surface area contributed by atoms with E-state index in [-0.39, 0.29) is 37.1 Å². The van der Waals surface area contributed by atoms with Crippen LogP contribution in [0.4, 0.5) is 17.6 Å². The lowest BCUT2D eigenvalue weighted by Crippen LogP contribution is -2.34. The van der Waals surface area contributed by atoms with Gasteiger partial charge in [-0.3, -0.25) is 14.6 Å². The molecule has 0 unspecified atom stereocenters. The molecule has 12 heteroatoms. The first-order valence-electron chi connectivity index (χ1n) is 15.8. The summed E-state index contributed by atoms with van der Waals surface area (Å²) in [4.78, 5) is 11.7. The van der Waals surface area contributed by atoms with E-state index in [0.29, 0.717) is 61.5 Å². The van der Waals surface area contributed by atoms with Crippen LogP contribution in [0.15, 0.2) is 30.5 Å². The van der Waals surface area contributed by atoms with Crippen LogP contribution in [0.5, 0.6) is 5.75 Å². The van der Waals surface area contributed by atoms with Gasteiger partial charge in [0.05, 0.1) is 42.3 Å². The third-order valence-electron chi connectivity index (χ3n) is 9.14. The highest BCUT2D eigenvalue weighted by Gasteiger charge is 2.32. The van der Waals surface area contributed by atoms with E-state index in [1.807, 2.05) is 16.8 Å². The molecule has 1 atom stereocenters. The van der Waals surface area contributed by atoms with E-state index in [1.54, 1.807) is 11.1 Å². The van der Waals surface area contributed by atoms with E-state index in [2.05, 4.69) is 12.2 Å². The van der Waals surface area contributed by atoms with Crippen LogP contribution < -0.4 is 10.1 Å². The number of hydrogen-bond donors (Lipinski definition) is 1. The van der Waals surface area contributed by atoms with Crippen LogP contribution in [0.2, 0.25) is 0 Å². The number of ether oxygens (including phenoxy) is 2. The summed E-state index contributed by atoms with van der Waals surface area (Å²) >= 11 is 0. The number of aromatic nitrogens is 4. The summed E-state index contributed by atoms with van der Waals surface area (Å²) in [7, 11) is 1.53. The Hall–Kier alpha value is -3.87. The number of nitrogens with zero attached hydrogens (tertiary/aromatic N) is 5. The first kappa shape index (κ1) is 30.8. The Kier molecular flexibility index (Phi) is 8.51. The Labute approximate surface area is 264 Å². The van der Waals surface area contributed by atoms with Crippen LogP contribution in [-0.4, -0.2) is 71.0 Å². The molecule has 2 aliphatic heterocycles. The second-order valence-corrected chi connectivity index (χ2v) is 12.2. The maximum atomic E-state index is 16.0. The number of pyridine rings is 2. The molecular weight excluding hydrogens is 600 g/mol. The van der Waals surface area contributed by atoms with Crippen molar-refractivity contribution in [2.75, 3.05) is 40.0 Å². The molecule has 1 aromatic carbocycles. The van der Waals surface area contributed by atoms with Crippen molar-refractivity contribution in [3.8, 4) is 39.5 Å². The minimum absolute atomic E-state index is 0.0591. The Morgan fingerprint density at radius 2 is 1.85 bits per heavy atom. The number of fused-ring (bicyclic) bond motifs is 3. The predicted octanol–water partition coefficient (Wildman–Crippen LogP) is 5.75. The van der Waals surface area contributed by atoms with E-state index in [4.69, 9.17) is 24.5 Å². The van der Waals surface area contributed by atoms with Crippen LogP contribution in [0.3, 0.4) is 0 Å². The number of nitrogens with one attached hydrogen (secondary N) is 1. The molecule has 0 saturated carbocycles. The summed E-state index contributed by atoms with van der Waals surface area (Å²) in [5.74, 6) is -1.41. The standard InChI is InChI=1S/C34H36F4N6O2/c1-19-28-15-27(42-44(28)9-7-39-19)34-31(32-25(36)13-22(35)14-29(32)46-11-10-45-2)23-4-3-5-24(23)33(41-34)20-12-21-17-43(18-30(37)38)8-6-26(21)40-16-20/h12-16,19,30,39H,3-11,17-18H2,1-2H3/t19-/m1/s1. The summed E-state index contributed by atoms with van der Waals surface area (Å²) < 4.78 is 70.0. The molecule has 7 rings (SSSR count). The lowest BCUT2D eigenvalue weighted by Gasteiger charge is -2.28. The van der Waals surface area contributed by atoms with Crippen molar-refractivity contribution in [2.24, 2.45) is 0 Å². The largest absolute Gasteiger partial charge is 0.490 e. The Bertz CT molecular complexity index is 1780. The van der Waals surface area contributed by atoms with Gasteiger partial charge in [-0.1, -0.05) is 0 Å². The summed E-state index contributed by atoms with van der Waals surface area (Å²) in [5, 5.41) is 8.39. The highest BCUT2D eigenvalue weighted by Crippen LogP contribution is 2.47. The number of halogens is 4. The second-order valence-electron chi connectivity index (χ2n) is 12.2. The Balaban J connectivity index is 1.43. The van der Waals surface area contributed by atoms with Gasteiger partial charge in [0.15, 0.2) is 0 Å². The number of methoxy groups -OCH3 is 1. The molecule has 0 bridgehead atoms. The summed E-state index contributed by atoms with van der Waals surface area (Å²) in [6.45, 7) is 4.50. The maximum Gasteiger partial charge on any atom is 0.251 e. The van der Waals surface area contributed by atoms with Crippen molar-refractivity contribution in [1.29, 1.82) is 0 Å². The van der Waals surface area contributed by atoms with Crippen molar-refractivity contribution >= 4 is 0 Å². The van der Waals surface area contributed by atoms with E-state index in [0.717, 1.165) is 52.7 Å². The van der Waals surface area contributed by atoms with Gasteiger partial charge < -0.3 is 14.8 Å². The van der Waals surface area contributed by atoms with Gasteiger partial charge in [-0.15, -0.1) is 0 Å². The van der Waals surface area contributed by atoms with Gasteiger partial charge in [0, 0.05) is 74.4 Å². The molecule has 0 spiro atoms. The molecule has 46 heavy (non-hydrogen) atoms. The second kappa shape index (κ2) is 12.7. The third kappa shape index (κ3) is 5.78. The molecule has 4 aromatic rings. The van der Waals surface area contributed by atoms with Crippen LogP contribution in [0, 0.1) is 11.6 Å². The normalized spacial score (nSPS) is 17.7. The number of rotatable bonds is 9. The maximum absolute atomic E-state index is 16.0. The molecule has 242 valence electrons. The minimum atomic E-state index is -2.41. The van der Waals surface area contributed by atoms with E-state index in [1.165, 1.54) is 13.2 Å². The predicted molar refractivity (Wildman–Crippen MR) is 165 cm³/mol. The van der Waals surface area contributed by atoms with Crippen LogP contribution >= 0.6 is 0 Å². The van der Waals surface area contributed by atoms with Crippen molar-refractivity contribution in [3.63, 3.8) is 0 Å².